The quantitative estimate of drug-likeness (QED) is 0.508. The highest BCUT2D eigenvalue weighted by atomic mass is 16.6. The summed E-state index contributed by atoms with van der Waals surface area (Å²) in [5.74, 6) is -0.372. The first-order chi connectivity index (χ1) is 9.49. The molecular formula is C13H15N3O4. The van der Waals surface area contributed by atoms with Crippen molar-refractivity contribution < 1.29 is 14.5 Å². The molecule has 20 heavy (non-hydrogen) atoms. The summed E-state index contributed by atoms with van der Waals surface area (Å²) < 4.78 is 0. The molecule has 0 radical (unpaired) electrons. The molecule has 1 aliphatic rings. The van der Waals surface area contributed by atoms with Crippen molar-refractivity contribution in [2.24, 2.45) is 0 Å². The van der Waals surface area contributed by atoms with Crippen LogP contribution in [0.1, 0.15) is 23.7 Å². The Morgan fingerprint density at radius 3 is 2.85 bits per heavy atom. The summed E-state index contributed by atoms with van der Waals surface area (Å²) in [6.45, 7) is 2.73. The molecule has 1 aromatic carbocycles. The Hall–Kier alpha value is -2.44. The summed E-state index contributed by atoms with van der Waals surface area (Å²) in [5.41, 5.74) is 0.715. The van der Waals surface area contributed by atoms with E-state index in [2.05, 4.69) is 5.32 Å². The van der Waals surface area contributed by atoms with Crippen LogP contribution < -0.4 is 10.2 Å². The van der Waals surface area contributed by atoms with Crippen molar-refractivity contribution in [1.82, 2.24) is 5.32 Å². The molecule has 0 saturated carbocycles. The lowest BCUT2D eigenvalue weighted by Gasteiger charge is -2.23. The first-order valence-corrected chi connectivity index (χ1v) is 6.30. The van der Waals surface area contributed by atoms with Crippen LogP contribution in [0.2, 0.25) is 0 Å². The molecule has 0 spiro atoms. The largest absolute Gasteiger partial charge is 0.362 e. The minimum absolute atomic E-state index is 0.115. The first kappa shape index (κ1) is 14.0. The molecule has 7 nitrogen and oxygen atoms in total. The maximum absolute atomic E-state index is 11.7. The highest BCUT2D eigenvalue weighted by molar-refractivity contribution is 6.01. The molecule has 1 aliphatic heterocycles. The molecule has 0 atom stereocenters. The van der Waals surface area contributed by atoms with Gasteiger partial charge < -0.3 is 10.2 Å². The zero-order valence-corrected chi connectivity index (χ0v) is 11.1. The van der Waals surface area contributed by atoms with E-state index in [1.54, 1.807) is 4.90 Å². The number of hydrogen-bond donors (Lipinski definition) is 1. The van der Waals surface area contributed by atoms with E-state index in [4.69, 9.17) is 0 Å². The van der Waals surface area contributed by atoms with Crippen LogP contribution in [0, 0.1) is 10.1 Å². The summed E-state index contributed by atoms with van der Waals surface area (Å²) in [5, 5.41) is 13.5. The Balaban J connectivity index is 2.41. The number of anilines is 1. The summed E-state index contributed by atoms with van der Waals surface area (Å²) in [7, 11) is 0. The Morgan fingerprint density at radius 2 is 2.20 bits per heavy atom. The molecule has 1 aromatic rings. The second-order valence-electron chi connectivity index (χ2n) is 4.64. The average molecular weight is 277 g/mol. The normalized spacial score (nSPS) is 15.4. The molecule has 0 bridgehead atoms. The van der Waals surface area contributed by atoms with E-state index in [0.717, 1.165) is 6.42 Å². The zero-order chi connectivity index (χ0) is 14.7. The monoisotopic (exact) mass is 277 g/mol. The van der Waals surface area contributed by atoms with Crippen LogP contribution >= 0.6 is 0 Å². The smallest absolute Gasteiger partial charge is 0.270 e. The number of carbonyl (C=O) groups excluding carboxylic acids is 2. The zero-order valence-electron chi connectivity index (χ0n) is 11.1. The van der Waals surface area contributed by atoms with Gasteiger partial charge in [-0.1, -0.05) is 0 Å². The second-order valence-corrected chi connectivity index (χ2v) is 4.64. The topological polar surface area (TPSA) is 92.5 Å². The van der Waals surface area contributed by atoms with E-state index >= 15 is 0 Å². The van der Waals surface area contributed by atoms with Gasteiger partial charge in [-0.25, -0.2) is 0 Å². The van der Waals surface area contributed by atoms with Crippen molar-refractivity contribution in [2.45, 2.75) is 13.3 Å². The number of carbonyl (C=O) groups is 2. The molecule has 0 unspecified atom stereocenters. The Morgan fingerprint density at radius 1 is 1.45 bits per heavy atom. The number of benzene rings is 1. The number of nitro groups is 1. The molecule has 1 amide bonds. The van der Waals surface area contributed by atoms with Gasteiger partial charge in [-0.2, -0.15) is 0 Å². The fourth-order valence-electron chi connectivity index (χ4n) is 2.21. The van der Waals surface area contributed by atoms with Gasteiger partial charge in [0, 0.05) is 36.5 Å². The molecule has 106 valence electrons. The highest BCUT2D eigenvalue weighted by Gasteiger charge is 2.21. The van der Waals surface area contributed by atoms with Gasteiger partial charge in [-0.3, -0.25) is 19.7 Å². The van der Waals surface area contributed by atoms with Gasteiger partial charge in [-0.05, 0) is 19.4 Å². The molecule has 1 saturated heterocycles. The van der Waals surface area contributed by atoms with Crippen molar-refractivity contribution in [3.8, 4) is 0 Å². The van der Waals surface area contributed by atoms with Crippen LogP contribution in [-0.2, 0) is 4.79 Å². The Bertz CT molecular complexity index is 571. The molecule has 1 heterocycles. The molecule has 2 rings (SSSR count). The first-order valence-electron chi connectivity index (χ1n) is 6.30. The number of nitro benzene ring substituents is 1. The highest BCUT2D eigenvalue weighted by Crippen LogP contribution is 2.26. The fourth-order valence-corrected chi connectivity index (χ4v) is 2.21. The number of hydrogen-bond acceptors (Lipinski definition) is 5. The molecule has 7 heteroatoms. The number of amides is 1. The molecular weight excluding hydrogens is 262 g/mol. The van der Waals surface area contributed by atoms with E-state index in [1.807, 2.05) is 0 Å². The van der Waals surface area contributed by atoms with Gasteiger partial charge >= 0.3 is 0 Å². The van der Waals surface area contributed by atoms with Crippen molar-refractivity contribution >= 4 is 23.1 Å². The van der Waals surface area contributed by atoms with Crippen LogP contribution in [-0.4, -0.2) is 36.2 Å². The third-order valence-corrected chi connectivity index (χ3v) is 3.17. The number of ketones is 1. The van der Waals surface area contributed by atoms with Crippen molar-refractivity contribution in [1.29, 1.82) is 0 Å². The molecule has 1 fully saturated rings. The van der Waals surface area contributed by atoms with E-state index in [0.29, 0.717) is 18.8 Å². The minimum Gasteiger partial charge on any atom is -0.362 e. The summed E-state index contributed by atoms with van der Waals surface area (Å²) >= 11 is 0. The van der Waals surface area contributed by atoms with Crippen LogP contribution in [0.3, 0.4) is 0 Å². The third-order valence-electron chi connectivity index (χ3n) is 3.17. The van der Waals surface area contributed by atoms with Crippen LogP contribution in [0.25, 0.3) is 0 Å². The number of nitrogens with zero attached hydrogens (tertiary/aromatic N) is 2. The molecule has 0 aromatic heterocycles. The summed E-state index contributed by atoms with van der Waals surface area (Å²) in [4.78, 5) is 35.3. The maximum Gasteiger partial charge on any atom is 0.270 e. The number of non-ortho nitro benzene ring substituents is 1. The van der Waals surface area contributed by atoms with E-state index in [-0.39, 0.29) is 29.5 Å². The maximum atomic E-state index is 11.7. The van der Waals surface area contributed by atoms with E-state index in [1.165, 1.54) is 25.1 Å². The van der Waals surface area contributed by atoms with E-state index < -0.39 is 4.92 Å². The van der Waals surface area contributed by atoms with Crippen LogP contribution in [0.4, 0.5) is 11.4 Å². The summed E-state index contributed by atoms with van der Waals surface area (Å²) in [6.07, 6.45) is 0.764. The van der Waals surface area contributed by atoms with Gasteiger partial charge in [0.15, 0.2) is 5.78 Å². The van der Waals surface area contributed by atoms with E-state index in [9.17, 15) is 19.7 Å². The predicted molar refractivity (Wildman–Crippen MR) is 72.9 cm³/mol. The SMILES string of the molecule is CC(=O)c1cc([N+](=O)[O-])ccc1N1CCCNC(=O)C1. The number of rotatable bonds is 3. The third kappa shape index (κ3) is 2.93. The minimum atomic E-state index is -0.536. The Labute approximate surface area is 115 Å². The molecule has 1 N–H and O–H groups in total. The lowest BCUT2D eigenvalue weighted by molar-refractivity contribution is -0.384. The summed E-state index contributed by atoms with van der Waals surface area (Å²) in [6, 6.07) is 4.15. The Kier molecular flexibility index (Phi) is 3.97. The van der Waals surface area contributed by atoms with Gasteiger partial charge in [0.05, 0.1) is 11.5 Å². The molecule has 0 aliphatic carbocycles. The van der Waals surface area contributed by atoms with Crippen LogP contribution in [0.5, 0.6) is 0 Å². The number of nitrogens with one attached hydrogen (secondary N) is 1. The van der Waals surface area contributed by atoms with Crippen molar-refractivity contribution in [3.05, 3.63) is 33.9 Å². The van der Waals surface area contributed by atoms with Gasteiger partial charge in [0.2, 0.25) is 5.91 Å². The number of Topliss-reactive ketones (excluding diaryl/α,β-unsaturated/α-hetero) is 1. The predicted octanol–water partition coefficient (Wildman–Crippen LogP) is 1.12. The van der Waals surface area contributed by atoms with Gasteiger partial charge in [0.1, 0.15) is 0 Å². The second kappa shape index (κ2) is 5.68. The van der Waals surface area contributed by atoms with Crippen LogP contribution in [0.15, 0.2) is 18.2 Å². The van der Waals surface area contributed by atoms with Gasteiger partial charge in [-0.15, -0.1) is 0 Å². The fraction of sp³-hybridized carbons (Fsp3) is 0.385. The average Bonchev–Trinajstić information content (AvgIpc) is 2.62. The van der Waals surface area contributed by atoms with Crippen molar-refractivity contribution in [3.63, 3.8) is 0 Å². The van der Waals surface area contributed by atoms with Crippen molar-refractivity contribution in [2.75, 3.05) is 24.5 Å². The lowest BCUT2D eigenvalue weighted by atomic mass is 10.1. The van der Waals surface area contributed by atoms with Gasteiger partial charge in [0.25, 0.3) is 5.69 Å². The lowest BCUT2D eigenvalue weighted by Crippen LogP contribution is -2.33. The standard InChI is InChI=1S/C13H15N3O4/c1-9(17)11-7-10(16(19)20)3-4-12(11)15-6-2-5-14-13(18)8-15/h3-4,7H,2,5-6,8H2,1H3,(H,14,18).